The summed E-state index contributed by atoms with van der Waals surface area (Å²) in [5.41, 5.74) is 1.50. The van der Waals surface area contributed by atoms with Gasteiger partial charge in [0.25, 0.3) is 0 Å². The molecule has 0 unspecified atom stereocenters. The average Bonchev–Trinajstić information content (AvgIpc) is 2.02. The van der Waals surface area contributed by atoms with Crippen molar-refractivity contribution in [3.8, 4) is 0 Å². The Kier molecular flexibility index (Phi) is 1.43. The largest absolute Gasteiger partial charge is 0.307 e. The van der Waals surface area contributed by atoms with Gasteiger partial charge in [-0.05, 0) is 31.5 Å². The van der Waals surface area contributed by atoms with Crippen LogP contribution in [0.15, 0.2) is 24.5 Å². The summed E-state index contributed by atoms with van der Waals surface area (Å²) < 4.78 is 0. The monoisotopic (exact) mass is 148 g/mol. The summed E-state index contributed by atoms with van der Waals surface area (Å²) in [7, 11) is 0. The van der Waals surface area contributed by atoms with Crippen LogP contribution < -0.4 is 5.32 Å². The van der Waals surface area contributed by atoms with Gasteiger partial charge in [0.2, 0.25) is 0 Å². The van der Waals surface area contributed by atoms with Crippen molar-refractivity contribution in [2.75, 3.05) is 6.54 Å². The summed E-state index contributed by atoms with van der Waals surface area (Å²) in [6.45, 7) is 3.35. The normalized spacial score (nSPS) is 29.5. The zero-order chi connectivity index (χ0) is 7.73. The van der Waals surface area contributed by atoms with Crippen LogP contribution in [0.25, 0.3) is 0 Å². The fourth-order valence-electron chi connectivity index (χ4n) is 1.44. The Balaban J connectivity index is 2.29. The van der Waals surface area contributed by atoms with Crippen LogP contribution in [0.2, 0.25) is 0 Å². The predicted octanol–water partition coefficient (Wildman–Crippen LogP) is 1.29. The third-order valence-electron chi connectivity index (χ3n) is 2.44. The summed E-state index contributed by atoms with van der Waals surface area (Å²) in [5, 5.41) is 3.40. The van der Waals surface area contributed by atoms with Crippen LogP contribution in [-0.4, -0.2) is 11.5 Å². The third kappa shape index (κ3) is 1.03. The van der Waals surface area contributed by atoms with E-state index in [2.05, 4.69) is 23.3 Å². The number of nitrogens with one attached hydrogen (secondary N) is 1. The van der Waals surface area contributed by atoms with Gasteiger partial charge in [0.15, 0.2) is 0 Å². The molecule has 1 fully saturated rings. The Hall–Kier alpha value is -0.890. The van der Waals surface area contributed by atoms with E-state index in [0.29, 0.717) is 0 Å². The van der Waals surface area contributed by atoms with Crippen LogP contribution in [0.4, 0.5) is 0 Å². The van der Waals surface area contributed by atoms with E-state index in [-0.39, 0.29) is 5.54 Å². The van der Waals surface area contributed by atoms with Crippen LogP contribution >= 0.6 is 0 Å². The van der Waals surface area contributed by atoms with E-state index in [9.17, 15) is 0 Å². The second-order valence-electron chi connectivity index (χ2n) is 3.25. The van der Waals surface area contributed by atoms with Crippen LogP contribution in [0.5, 0.6) is 0 Å². The molecule has 0 radical (unpaired) electrons. The van der Waals surface area contributed by atoms with Gasteiger partial charge in [0.1, 0.15) is 0 Å². The van der Waals surface area contributed by atoms with Crippen molar-refractivity contribution in [3.63, 3.8) is 0 Å². The standard InChI is InChI=1S/C9H12N2/c1-9(4-6-11-9)8-3-2-5-10-7-8/h2-3,5,7,11H,4,6H2,1H3/t9-/m1/s1. The van der Waals surface area contributed by atoms with Gasteiger partial charge in [0, 0.05) is 17.9 Å². The lowest BCUT2D eigenvalue weighted by atomic mass is 9.84. The minimum absolute atomic E-state index is 0.203. The van der Waals surface area contributed by atoms with Gasteiger partial charge in [-0.2, -0.15) is 0 Å². The first-order valence-electron chi connectivity index (χ1n) is 3.97. The molecule has 1 saturated heterocycles. The quantitative estimate of drug-likeness (QED) is 0.649. The highest BCUT2D eigenvalue weighted by Crippen LogP contribution is 2.29. The SMILES string of the molecule is C[C@]1(c2cccnc2)CCN1. The van der Waals surface area contributed by atoms with E-state index >= 15 is 0 Å². The molecule has 11 heavy (non-hydrogen) atoms. The van der Waals surface area contributed by atoms with Gasteiger partial charge < -0.3 is 5.32 Å². The maximum absolute atomic E-state index is 4.09. The van der Waals surface area contributed by atoms with Crippen LogP contribution in [0.1, 0.15) is 18.9 Å². The van der Waals surface area contributed by atoms with Crippen molar-refractivity contribution in [3.05, 3.63) is 30.1 Å². The molecular formula is C9H12N2. The van der Waals surface area contributed by atoms with Gasteiger partial charge in [-0.1, -0.05) is 6.07 Å². The topological polar surface area (TPSA) is 24.9 Å². The second-order valence-corrected chi connectivity index (χ2v) is 3.25. The molecule has 1 atom stereocenters. The first-order valence-corrected chi connectivity index (χ1v) is 3.97. The molecule has 0 spiro atoms. The number of nitrogens with zero attached hydrogens (tertiary/aromatic N) is 1. The number of pyridine rings is 1. The second kappa shape index (κ2) is 2.31. The minimum atomic E-state index is 0.203. The lowest BCUT2D eigenvalue weighted by Crippen LogP contribution is -2.51. The van der Waals surface area contributed by atoms with Crippen molar-refractivity contribution < 1.29 is 0 Å². The van der Waals surface area contributed by atoms with Gasteiger partial charge in [-0.3, -0.25) is 4.98 Å². The van der Waals surface area contributed by atoms with Crippen molar-refractivity contribution in [1.82, 2.24) is 10.3 Å². The Morgan fingerprint density at radius 2 is 2.45 bits per heavy atom. The first-order chi connectivity index (χ1) is 5.31. The molecule has 1 aliphatic heterocycles. The molecule has 1 N–H and O–H groups in total. The molecule has 2 nitrogen and oxygen atoms in total. The molecule has 0 aliphatic carbocycles. The molecule has 0 amide bonds. The number of rotatable bonds is 1. The summed E-state index contributed by atoms with van der Waals surface area (Å²) in [6, 6.07) is 4.11. The van der Waals surface area contributed by atoms with Crippen LogP contribution in [0, 0.1) is 0 Å². The first kappa shape index (κ1) is 6.80. The highest BCUT2D eigenvalue weighted by atomic mass is 15.0. The number of hydrogen-bond acceptors (Lipinski definition) is 2. The maximum Gasteiger partial charge on any atom is 0.0433 e. The molecule has 1 aromatic rings. The van der Waals surface area contributed by atoms with Crippen molar-refractivity contribution >= 4 is 0 Å². The maximum atomic E-state index is 4.09. The summed E-state index contributed by atoms with van der Waals surface area (Å²) in [4.78, 5) is 4.09. The van der Waals surface area contributed by atoms with E-state index in [0.717, 1.165) is 6.54 Å². The fraction of sp³-hybridized carbons (Fsp3) is 0.444. The fourth-order valence-corrected chi connectivity index (χ4v) is 1.44. The van der Waals surface area contributed by atoms with Crippen molar-refractivity contribution in [1.29, 1.82) is 0 Å². The molecule has 2 rings (SSSR count). The Morgan fingerprint density at radius 3 is 2.91 bits per heavy atom. The van der Waals surface area contributed by atoms with Crippen molar-refractivity contribution in [2.24, 2.45) is 0 Å². The Bertz CT molecular complexity index is 239. The van der Waals surface area contributed by atoms with Crippen molar-refractivity contribution in [2.45, 2.75) is 18.9 Å². The lowest BCUT2D eigenvalue weighted by Gasteiger charge is -2.40. The highest BCUT2D eigenvalue weighted by Gasteiger charge is 2.32. The van der Waals surface area contributed by atoms with Gasteiger partial charge in [-0.15, -0.1) is 0 Å². The molecule has 58 valence electrons. The van der Waals surface area contributed by atoms with Gasteiger partial charge in [-0.25, -0.2) is 0 Å². The zero-order valence-electron chi connectivity index (χ0n) is 6.67. The Labute approximate surface area is 66.7 Å². The van der Waals surface area contributed by atoms with E-state index < -0.39 is 0 Å². The molecule has 0 bridgehead atoms. The van der Waals surface area contributed by atoms with E-state index in [4.69, 9.17) is 0 Å². The molecule has 2 heterocycles. The summed E-state index contributed by atoms with van der Waals surface area (Å²) in [6.07, 6.45) is 4.97. The molecule has 0 aromatic carbocycles. The van der Waals surface area contributed by atoms with Gasteiger partial charge >= 0.3 is 0 Å². The predicted molar refractivity (Wildman–Crippen MR) is 44.2 cm³/mol. The van der Waals surface area contributed by atoms with E-state index in [1.807, 2.05) is 18.5 Å². The summed E-state index contributed by atoms with van der Waals surface area (Å²) >= 11 is 0. The minimum Gasteiger partial charge on any atom is -0.307 e. The number of hydrogen-bond donors (Lipinski definition) is 1. The average molecular weight is 148 g/mol. The zero-order valence-corrected chi connectivity index (χ0v) is 6.67. The Morgan fingerprint density at radius 1 is 1.64 bits per heavy atom. The molecule has 1 aromatic heterocycles. The third-order valence-corrected chi connectivity index (χ3v) is 2.44. The molecule has 1 aliphatic rings. The highest BCUT2D eigenvalue weighted by molar-refractivity contribution is 5.22. The molecular weight excluding hydrogens is 136 g/mol. The molecule has 2 heteroatoms. The lowest BCUT2D eigenvalue weighted by molar-refractivity contribution is 0.236. The van der Waals surface area contributed by atoms with Crippen LogP contribution in [-0.2, 0) is 5.54 Å². The van der Waals surface area contributed by atoms with Gasteiger partial charge in [0.05, 0.1) is 0 Å². The number of aromatic nitrogens is 1. The van der Waals surface area contributed by atoms with E-state index in [1.54, 1.807) is 0 Å². The summed E-state index contributed by atoms with van der Waals surface area (Å²) in [5.74, 6) is 0. The molecule has 0 saturated carbocycles. The van der Waals surface area contributed by atoms with Crippen LogP contribution in [0.3, 0.4) is 0 Å². The smallest absolute Gasteiger partial charge is 0.0433 e. The van der Waals surface area contributed by atoms with E-state index in [1.165, 1.54) is 12.0 Å².